The summed E-state index contributed by atoms with van der Waals surface area (Å²) in [7, 11) is -1.91. The molecular formula is C13H12N6O2S. The van der Waals surface area contributed by atoms with Crippen LogP contribution in [0.5, 0.6) is 0 Å². The van der Waals surface area contributed by atoms with E-state index in [4.69, 9.17) is 0 Å². The first-order valence-electron chi connectivity index (χ1n) is 6.28. The first-order chi connectivity index (χ1) is 10.6. The maximum absolute atomic E-state index is 12.3. The van der Waals surface area contributed by atoms with Crippen molar-refractivity contribution in [3.8, 4) is 11.4 Å². The number of aryl methyl sites for hydroxylation is 1. The third kappa shape index (κ3) is 2.79. The molecule has 0 saturated carbocycles. The van der Waals surface area contributed by atoms with E-state index >= 15 is 0 Å². The van der Waals surface area contributed by atoms with Crippen LogP contribution >= 0.6 is 0 Å². The highest BCUT2D eigenvalue weighted by atomic mass is 32.2. The number of rotatable bonds is 4. The van der Waals surface area contributed by atoms with Gasteiger partial charge in [0.25, 0.3) is 10.0 Å². The van der Waals surface area contributed by atoms with Gasteiger partial charge in [-0.1, -0.05) is 0 Å². The Morgan fingerprint density at radius 1 is 1.18 bits per heavy atom. The van der Waals surface area contributed by atoms with Gasteiger partial charge >= 0.3 is 0 Å². The third-order valence-electron chi connectivity index (χ3n) is 2.90. The Hall–Kier alpha value is -2.81. The van der Waals surface area contributed by atoms with Gasteiger partial charge in [0.2, 0.25) is 0 Å². The van der Waals surface area contributed by atoms with Gasteiger partial charge in [0.15, 0.2) is 5.82 Å². The number of nitrogens with one attached hydrogen (secondary N) is 1. The summed E-state index contributed by atoms with van der Waals surface area (Å²) in [5.41, 5.74) is 0.996. The molecule has 9 heteroatoms. The maximum atomic E-state index is 12.3. The Morgan fingerprint density at radius 2 is 2.05 bits per heavy atom. The average molecular weight is 316 g/mol. The predicted octanol–water partition coefficient (Wildman–Crippen LogP) is 1.07. The fourth-order valence-corrected chi connectivity index (χ4v) is 2.88. The third-order valence-corrected chi connectivity index (χ3v) is 4.27. The second kappa shape index (κ2) is 5.53. The van der Waals surface area contributed by atoms with E-state index in [1.807, 2.05) is 0 Å². The summed E-state index contributed by atoms with van der Waals surface area (Å²) in [5, 5.41) is 7.76. The van der Waals surface area contributed by atoms with Crippen molar-refractivity contribution in [2.45, 2.75) is 4.90 Å². The van der Waals surface area contributed by atoms with Crippen molar-refractivity contribution in [3.63, 3.8) is 0 Å². The zero-order chi connectivity index (χ0) is 15.6. The maximum Gasteiger partial charge on any atom is 0.263 e. The molecule has 0 unspecified atom stereocenters. The highest BCUT2D eigenvalue weighted by molar-refractivity contribution is 7.92. The van der Waals surface area contributed by atoms with Gasteiger partial charge in [-0.25, -0.2) is 8.42 Å². The smallest absolute Gasteiger partial charge is 0.263 e. The Kier molecular flexibility index (Phi) is 3.55. The summed E-state index contributed by atoms with van der Waals surface area (Å²) in [6, 6.07) is 4.67. The molecule has 0 atom stereocenters. The first-order valence-corrected chi connectivity index (χ1v) is 7.77. The van der Waals surface area contributed by atoms with Crippen LogP contribution in [-0.4, -0.2) is 33.2 Å². The Morgan fingerprint density at radius 3 is 2.73 bits per heavy atom. The fraction of sp³-hybridized carbons (Fsp3) is 0.0769. The van der Waals surface area contributed by atoms with Crippen molar-refractivity contribution in [3.05, 3.63) is 49.3 Å². The molecule has 0 aromatic carbocycles. The molecule has 0 spiro atoms. The van der Waals surface area contributed by atoms with Crippen LogP contribution in [0.4, 0.5) is 5.69 Å². The highest BCUT2D eigenvalue weighted by Crippen LogP contribution is 2.20. The minimum atomic E-state index is -3.70. The number of nitrogens with zero attached hydrogens (tertiary/aromatic N) is 5. The van der Waals surface area contributed by atoms with E-state index in [9.17, 15) is 8.42 Å². The van der Waals surface area contributed by atoms with E-state index in [-0.39, 0.29) is 4.90 Å². The largest absolute Gasteiger partial charge is 0.317 e. The van der Waals surface area contributed by atoms with Crippen LogP contribution in [0, 0.1) is 0 Å². The number of aromatic nitrogens is 5. The van der Waals surface area contributed by atoms with Gasteiger partial charge in [-0.05, 0) is 18.2 Å². The molecule has 3 aromatic rings. The SMILES string of the molecule is Cn1cnnc1-c1cncc(NS(=O)(=O)c2cccnc2)c1. The molecule has 0 bridgehead atoms. The second-order valence-corrected chi connectivity index (χ2v) is 6.20. The van der Waals surface area contributed by atoms with Crippen LogP contribution < -0.4 is 4.72 Å². The minimum Gasteiger partial charge on any atom is -0.317 e. The molecule has 0 fully saturated rings. The lowest BCUT2D eigenvalue weighted by molar-refractivity contribution is 0.601. The zero-order valence-corrected chi connectivity index (χ0v) is 12.4. The number of hydrogen-bond acceptors (Lipinski definition) is 6. The van der Waals surface area contributed by atoms with Crippen LogP contribution in [-0.2, 0) is 17.1 Å². The van der Waals surface area contributed by atoms with Crippen molar-refractivity contribution < 1.29 is 8.42 Å². The lowest BCUT2D eigenvalue weighted by Gasteiger charge is -2.08. The summed E-state index contributed by atoms with van der Waals surface area (Å²) < 4.78 is 28.7. The Balaban J connectivity index is 1.93. The van der Waals surface area contributed by atoms with Gasteiger partial charge in [-0.3, -0.25) is 14.7 Å². The predicted molar refractivity (Wildman–Crippen MR) is 79.3 cm³/mol. The number of anilines is 1. The van der Waals surface area contributed by atoms with Crippen molar-refractivity contribution >= 4 is 15.7 Å². The quantitative estimate of drug-likeness (QED) is 0.772. The van der Waals surface area contributed by atoms with Gasteiger partial charge in [-0.2, -0.15) is 0 Å². The lowest BCUT2D eigenvalue weighted by atomic mass is 10.2. The molecular weight excluding hydrogens is 304 g/mol. The summed E-state index contributed by atoms with van der Waals surface area (Å²) in [4.78, 5) is 7.92. The van der Waals surface area contributed by atoms with Gasteiger partial charge in [-0.15, -0.1) is 10.2 Å². The molecule has 8 nitrogen and oxygen atoms in total. The van der Waals surface area contributed by atoms with E-state index in [1.54, 1.807) is 36.3 Å². The van der Waals surface area contributed by atoms with Crippen molar-refractivity contribution in [1.82, 2.24) is 24.7 Å². The highest BCUT2D eigenvalue weighted by Gasteiger charge is 2.15. The molecule has 112 valence electrons. The fourth-order valence-electron chi connectivity index (χ4n) is 1.88. The molecule has 0 aliphatic carbocycles. The second-order valence-electron chi connectivity index (χ2n) is 4.52. The summed E-state index contributed by atoms with van der Waals surface area (Å²) in [5.74, 6) is 0.593. The average Bonchev–Trinajstić information content (AvgIpc) is 2.94. The van der Waals surface area contributed by atoms with Crippen LogP contribution in [0.15, 0.2) is 54.2 Å². The van der Waals surface area contributed by atoms with E-state index < -0.39 is 10.0 Å². The van der Waals surface area contributed by atoms with E-state index in [1.165, 1.54) is 24.7 Å². The molecule has 0 amide bonds. The van der Waals surface area contributed by atoms with Gasteiger partial charge in [0, 0.05) is 31.2 Å². The Bertz CT molecular complexity index is 892. The zero-order valence-electron chi connectivity index (χ0n) is 11.6. The van der Waals surface area contributed by atoms with Crippen LogP contribution in [0.25, 0.3) is 11.4 Å². The van der Waals surface area contributed by atoms with Gasteiger partial charge < -0.3 is 4.57 Å². The van der Waals surface area contributed by atoms with Crippen LogP contribution in [0.2, 0.25) is 0 Å². The molecule has 22 heavy (non-hydrogen) atoms. The Labute approximate surface area is 126 Å². The van der Waals surface area contributed by atoms with Crippen molar-refractivity contribution in [1.29, 1.82) is 0 Å². The van der Waals surface area contributed by atoms with E-state index in [0.29, 0.717) is 17.1 Å². The monoisotopic (exact) mass is 316 g/mol. The summed E-state index contributed by atoms with van der Waals surface area (Å²) in [6.07, 6.45) is 7.36. The first kappa shape index (κ1) is 14.1. The molecule has 0 saturated heterocycles. The molecule has 0 aliphatic heterocycles. The molecule has 3 aromatic heterocycles. The normalized spacial score (nSPS) is 11.3. The molecule has 3 heterocycles. The molecule has 1 N–H and O–H groups in total. The van der Waals surface area contributed by atoms with Gasteiger partial charge in [0.1, 0.15) is 11.2 Å². The topological polar surface area (TPSA) is 103 Å². The lowest BCUT2D eigenvalue weighted by Crippen LogP contribution is -2.13. The van der Waals surface area contributed by atoms with Gasteiger partial charge in [0.05, 0.1) is 11.9 Å². The molecule has 0 aliphatic rings. The van der Waals surface area contributed by atoms with E-state index in [2.05, 4.69) is 24.9 Å². The van der Waals surface area contributed by atoms with Crippen molar-refractivity contribution in [2.24, 2.45) is 7.05 Å². The number of hydrogen-bond donors (Lipinski definition) is 1. The molecule has 0 radical (unpaired) electrons. The van der Waals surface area contributed by atoms with Crippen LogP contribution in [0.3, 0.4) is 0 Å². The summed E-state index contributed by atoms with van der Waals surface area (Å²) in [6.45, 7) is 0. The van der Waals surface area contributed by atoms with Crippen LogP contribution in [0.1, 0.15) is 0 Å². The summed E-state index contributed by atoms with van der Waals surface area (Å²) >= 11 is 0. The van der Waals surface area contributed by atoms with Crippen molar-refractivity contribution in [2.75, 3.05) is 4.72 Å². The number of pyridine rings is 2. The molecule has 3 rings (SSSR count). The standard InChI is InChI=1S/C13H12N6O2S/c1-19-9-16-17-13(19)10-5-11(7-15-6-10)18-22(20,21)12-3-2-4-14-8-12/h2-9,18H,1H3. The minimum absolute atomic E-state index is 0.0825. The van der Waals surface area contributed by atoms with E-state index in [0.717, 1.165) is 0 Å². The number of sulfonamides is 1.